The highest BCUT2D eigenvalue weighted by Crippen LogP contribution is 2.33. The highest BCUT2D eigenvalue weighted by Gasteiger charge is 2.33. The summed E-state index contributed by atoms with van der Waals surface area (Å²) in [4.78, 5) is 36.1. The molecule has 108 valence electrons. The molecular weight excluding hydrogens is 240 g/mol. The maximum absolute atomic E-state index is 12.2. The Morgan fingerprint density at radius 3 is 2.16 bits per heavy atom. The number of carbonyl (C=O) groups excluding carboxylic acids is 3. The zero-order valence-electron chi connectivity index (χ0n) is 12.6. The molecular formula is C16H26O3. The summed E-state index contributed by atoms with van der Waals surface area (Å²) in [5, 5.41) is 0. The van der Waals surface area contributed by atoms with Crippen LogP contribution in [0.4, 0.5) is 0 Å². The van der Waals surface area contributed by atoms with Crippen molar-refractivity contribution >= 4 is 17.3 Å². The van der Waals surface area contributed by atoms with Crippen molar-refractivity contribution in [1.29, 1.82) is 0 Å². The third-order valence-corrected chi connectivity index (χ3v) is 3.72. The number of hydrogen-bond donors (Lipinski definition) is 0. The highest BCUT2D eigenvalue weighted by atomic mass is 16.2. The minimum atomic E-state index is -0.439. The van der Waals surface area contributed by atoms with Crippen LogP contribution in [0.2, 0.25) is 0 Å². The fraction of sp³-hybridized carbons (Fsp3) is 0.812. The van der Waals surface area contributed by atoms with Crippen LogP contribution in [0, 0.1) is 17.3 Å². The molecule has 1 fully saturated rings. The summed E-state index contributed by atoms with van der Waals surface area (Å²) in [6.45, 7) is 7.55. The Balaban J connectivity index is 2.61. The Morgan fingerprint density at radius 2 is 1.74 bits per heavy atom. The van der Waals surface area contributed by atoms with Gasteiger partial charge >= 0.3 is 0 Å². The zero-order valence-corrected chi connectivity index (χ0v) is 12.6. The smallest absolute Gasteiger partial charge is 0.201 e. The standard InChI is InChI=1S/C16H26O3/c1-5-6-12(10-14(18)16(2,3)4)15(19)13(17)9-11-7-8-11/h11-12H,5-10H2,1-4H3/t12-/m1/s1. The molecule has 1 aliphatic rings. The average molecular weight is 266 g/mol. The predicted octanol–water partition coefficient (Wildman–Crippen LogP) is 3.35. The Labute approximate surface area is 116 Å². The van der Waals surface area contributed by atoms with E-state index in [1.807, 2.05) is 27.7 Å². The zero-order chi connectivity index (χ0) is 14.6. The summed E-state index contributed by atoms with van der Waals surface area (Å²) in [7, 11) is 0. The van der Waals surface area contributed by atoms with Crippen LogP contribution in [0.15, 0.2) is 0 Å². The van der Waals surface area contributed by atoms with Gasteiger partial charge in [0.15, 0.2) is 5.78 Å². The molecule has 0 aromatic heterocycles. The third-order valence-electron chi connectivity index (χ3n) is 3.72. The lowest BCUT2D eigenvalue weighted by Gasteiger charge is -2.20. The topological polar surface area (TPSA) is 51.2 Å². The molecule has 1 rings (SSSR count). The Hall–Kier alpha value is -0.990. The molecule has 3 heteroatoms. The number of Topliss-reactive ketones (excluding diaryl/α,β-unsaturated/α-hetero) is 3. The molecule has 0 unspecified atom stereocenters. The molecule has 1 aliphatic carbocycles. The predicted molar refractivity (Wildman–Crippen MR) is 74.8 cm³/mol. The fourth-order valence-corrected chi connectivity index (χ4v) is 2.12. The Kier molecular flexibility index (Phi) is 5.45. The van der Waals surface area contributed by atoms with Crippen molar-refractivity contribution in [3.05, 3.63) is 0 Å². The number of hydrogen-bond acceptors (Lipinski definition) is 3. The molecule has 0 spiro atoms. The summed E-state index contributed by atoms with van der Waals surface area (Å²) < 4.78 is 0. The minimum Gasteiger partial charge on any atom is -0.299 e. The molecule has 1 saturated carbocycles. The second kappa shape index (κ2) is 6.44. The van der Waals surface area contributed by atoms with E-state index < -0.39 is 11.3 Å². The maximum Gasteiger partial charge on any atom is 0.201 e. The van der Waals surface area contributed by atoms with Crippen LogP contribution in [0.1, 0.15) is 66.2 Å². The van der Waals surface area contributed by atoms with Gasteiger partial charge in [-0.3, -0.25) is 14.4 Å². The summed E-state index contributed by atoms with van der Waals surface area (Å²) in [5.41, 5.74) is -0.439. The monoisotopic (exact) mass is 266 g/mol. The summed E-state index contributed by atoms with van der Waals surface area (Å²) in [5.74, 6) is -0.479. The molecule has 0 radical (unpaired) electrons. The van der Waals surface area contributed by atoms with Gasteiger partial charge in [-0.2, -0.15) is 0 Å². The van der Waals surface area contributed by atoms with Crippen LogP contribution in [0.5, 0.6) is 0 Å². The first-order valence-corrected chi connectivity index (χ1v) is 7.36. The van der Waals surface area contributed by atoms with Gasteiger partial charge in [-0.1, -0.05) is 34.1 Å². The summed E-state index contributed by atoms with van der Waals surface area (Å²) >= 11 is 0. The number of carbonyl (C=O) groups is 3. The van der Waals surface area contributed by atoms with E-state index in [2.05, 4.69) is 0 Å². The van der Waals surface area contributed by atoms with Gasteiger partial charge in [0.2, 0.25) is 5.78 Å². The average Bonchev–Trinajstić information content (AvgIpc) is 3.09. The van der Waals surface area contributed by atoms with Gasteiger partial charge in [0.25, 0.3) is 0 Å². The molecule has 3 nitrogen and oxygen atoms in total. The van der Waals surface area contributed by atoms with Crippen LogP contribution in [0.3, 0.4) is 0 Å². The van der Waals surface area contributed by atoms with Crippen LogP contribution < -0.4 is 0 Å². The first-order valence-electron chi connectivity index (χ1n) is 7.36. The van der Waals surface area contributed by atoms with Gasteiger partial charge in [-0.25, -0.2) is 0 Å². The first kappa shape index (κ1) is 16.1. The van der Waals surface area contributed by atoms with Crippen molar-refractivity contribution in [2.24, 2.45) is 17.3 Å². The van der Waals surface area contributed by atoms with Gasteiger partial charge in [-0.15, -0.1) is 0 Å². The molecule has 0 aromatic carbocycles. The molecule has 1 atom stereocenters. The summed E-state index contributed by atoms with van der Waals surface area (Å²) in [6, 6.07) is 0. The van der Waals surface area contributed by atoms with Crippen LogP contribution in [-0.4, -0.2) is 17.3 Å². The molecule has 0 heterocycles. The second-order valence-corrected chi connectivity index (χ2v) is 6.80. The van der Waals surface area contributed by atoms with Gasteiger partial charge in [0.1, 0.15) is 5.78 Å². The summed E-state index contributed by atoms with van der Waals surface area (Å²) in [6.07, 6.45) is 4.20. The quantitative estimate of drug-likeness (QED) is 0.633. The van der Waals surface area contributed by atoms with Gasteiger partial charge < -0.3 is 0 Å². The lowest BCUT2D eigenvalue weighted by molar-refractivity contribution is -0.141. The molecule has 0 aliphatic heterocycles. The van der Waals surface area contributed by atoms with Crippen LogP contribution >= 0.6 is 0 Å². The minimum absolute atomic E-state index is 0.0681. The van der Waals surface area contributed by atoms with Crippen LogP contribution in [-0.2, 0) is 14.4 Å². The van der Waals surface area contributed by atoms with Crippen molar-refractivity contribution in [2.75, 3.05) is 0 Å². The molecule has 0 amide bonds. The van der Waals surface area contributed by atoms with E-state index in [9.17, 15) is 14.4 Å². The maximum atomic E-state index is 12.2. The van der Waals surface area contributed by atoms with Gasteiger partial charge in [0, 0.05) is 24.2 Å². The molecule has 0 saturated heterocycles. The molecule has 0 N–H and O–H groups in total. The van der Waals surface area contributed by atoms with Crippen LogP contribution in [0.25, 0.3) is 0 Å². The van der Waals surface area contributed by atoms with Gasteiger partial charge in [0.05, 0.1) is 0 Å². The van der Waals surface area contributed by atoms with E-state index in [1.165, 1.54) is 0 Å². The molecule has 0 bridgehead atoms. The lowest BCUT2D eigenvalue weighted by Crippen LogP contribution is -2.30. The second-order valence-electron chi connectivity index (χ2n) is 6.80. The van der Waals surface area contributed by atoms with E-state index in [1.54, 1.807) is 0 Å². The van der Waals surface area contributed by atoms with E-state index in [0.717, 1.165) is 19.3 Å². The fourth-order valence-electron chi connectivity index (χ4n) is 2.12. The first-order chi connectivity index (χ1) is 8.75. The SMILES string of the molecule is CCC[C@H](CC(=O)C(C)(C)C)C(=O)C(=O)CC1CC1. The van der Waals surface area contributed by atoms with Crippen molar-refractivity contribution in [1.82, 2.24) is 0 Å². The van der Waals surface area contributed by atoms with E-state index >= 15 is 0 Å². The van der Waals surface area contributed by atoms with Crippen molar-refractivity contribution in [3.8, 4) is 0 Å². The normalized spacial score (nSPS) is 17.1. The molecule has 0 aromatic rings. The van der Waals surface area contributed by atoms with E-state index in [0.29, 0.717) is 18.8 Å². The largest absolute Gasteiger partial charge is 0.299 e. The van der Waals surface area contributed by atoms with E-state index in [-0.39, 0.29) is 23.8 Å². The highest BCUT2D eigenvalue weighted by molar-refractivity contribution is 6.38. The van der Waals surface area contributed by atoms with E-state index in [4.69, 9.17) is 0 Å². The Morgan fingerprint density at radius 1 is 1.16 bits per heavy atom. The lowest BCUT2D eigenvalue weighted by atomic mass is 9.81. The number of ketones is 3. The number of rotatable bonds is 8. The van der Waals surface area contributed by atoms with Gasteiger partial charge in [-0.05, 0) is 25.2 Å². The Bertz CT molecular complexity index is 359. The van der Waals surface area contributed by atoms with Crippen molar-refractivity contribution in [2.45, 2.75) is 66.2 Å². The third kappa shape index (κ3) is 5.25. The van der Waals surface area contributed by atoms with Crippen molar-refractivity contribution in [3.63, 3.8) is 0 Å². The molecule has 19 heavy (non-hydrogen) atoms. The van der Waals surface area contributed by atoms with Crippen molar-refractivity contribution < 1.29 is 14.4 Å².